The van der Waals surface area contributed by atoms with Gasteiger partial charge in [-0.15, -0.1) is 11.3 Å². The lowest BCUT2D eigenvalue weighted by Crippen LogP contribution is -2.37. The summed E-state index contributed by atoms with van der Waals surface area (Å²) in [6.07, 6.45) is 0.347. The van der Waals surface area contributed by atoms with Crippen LogP contribution in [0.5, 0.6) is 0 Å². The Morgan fingerprint density at radius 2 is 1.75 bits per heavy atom. The Balaban J connectivity index is 1.73. The van der Waals surface area contributed by atoms with Gasteiger partial charge in [-0.1, -0.05) is 33.8 Å². The van der Waals surface area contributed by atoms with Crippen LogP contribution >= 0.6 is 11.3 Å². The van der Waals surface area contributed by atoms with Gasteiger partial charge in [0.05, 0.1) is 22.8 Å². The van der Waals surface area contributed by atoms with Crippen LogP contribution in [0.3, 0.4) is 0 Å². The monoisotopic (exact) mass is 510 g/mol. The Morgan fingerprint density at radius 1 is 1.06 bits per heavy atom. The van der Waals surface area contributed by atoms with Gasteiger partial charge >= 0.3 is 5.97 Å². The molecular formula is C26H30N4O5S. The van der Waals surface area contributed by atoms with E-state index in [1.807, 2.05) is 19.2 Å². The topological polar surface area (TPSA) is 119 Å². The minimum atomic E-state index is -1.07. The van der Waals surface area contributed by atoms with Crippen LogP contribution in [-0.4, -0.2) is 33.4 Å². The number of rotatable bonds is 9. The predicted molar refractivity (Wildman–Crippen MR) is 139 cm³/mol. The van der Waals surface area contributed by atoms with Gasteiger partial charge < -0.3 is 19.9 Å². The summed E-state index contributed by atoms with van der Waals surface area (Å²) >= 11 is 1.53. The van der Waals surface area contributed by atoms with E-state index in [0.29, 0.717) is 11.4 Å². The van der Waals surface area contributed by atoms with Gasteiger partial charge in [-0.05, 0) is 30.2 Å². The zero-order valence-electron chi connectivity index (χ0n) is 20.9. The van der Waals surface area contributed by atoms with E-state index in [2.05, 4.69) is 15.6 Å². The van der Waals surface area contributed by atoms with Gasteiger partial charge in [-0.2, -0.15) is 0 Å². The molecule has 0 saturated carbocycles. The van der Waals surface area contributed by atoms with Gasteiger partial charge in [0.2, 0.25) is 5.91 Å². The zero-order valence-corrected chi connectivity index (χ0v) is 21.7. The molecule has 10 heteroatoms. The molecule has 2 N–H and O–H groups in total. The number of thiazole rings is 1. The van der Waals surface area contributed by atoms with Crippen LogP contribution in [0.2, 0.25) is 0 Å². The van der Waals surface area contributed by atoms with Crippen molar-refractivity contribution in [2.24, 2.45) is 5.92 Å². The lowest BCUT2D eigenvalue weighted by molar-refractivity contribution is -0.126. The van der Waals surface area contributed by atoms with Crippen LogP contribution in [0.25, 0.3) is 0 Å². The molecular weight excluding hydrogens is 480 g/mol. The molecule has 2 heterocycles. The number of nitrogens with one attached hydrogen (secondary N) is 2. The van der Waals surface area contributed by atoms with Gasteiger partial charge in [0.15, 0.2) is 6.10 Å². The zero-order chi connectivity index (χ0) is 26.4. The first kappa shape index (κ1) is 26.8. The minimum absolute atomic E-state index is 0.153. The van der Waals surface area contributed by atoms with Crippen LogP contribution in [0.15, 0.2) is 52.8 Å². The summed E-state index contributed by atoms with van der Waals surface area (Å²) < 4.78 is 6.95. The lowest BCUT2D eigenvalue weighted by atomic mass is 10.1. The number of esters is 1. The number of pyridine rings is 1. The summed E-state index contributed by atoms with van der Waals surface area (Å²) in [5.74, 6) is -1.48. The third-order valence-electron chi connectivity index (χ3n) is 5.16. The van der Waals surface area contributed by atoms with Crippen LogP contribution in [0.4, 0.5) is 11.4 Å². The predicted octanol–water partition coefficient (Wildman–Crippen LogP) is 4.26. The number of nitrogens with zero attached hydrogens (tertiary/aromatic N) is 2. The Hall–Kier alpha value is -3.79. The molecule has 0 aliphatic carbocycles. The molecule has 36 heavy (non-hydrogen) atoms. The second kappa shape index (κ2) is 11.8. The molecule has 3 aromatic rings. The van der Waals surface area contributed by atoms with Gasteiger partial charge in [0, 0.05) is 41.9 Å². The highest BCUT2D eigenvalue weighted by Crippen LogP contribution is 2.20. The molecule has 9 nitrogen and oxygen atoms in total. The van der Waals surface area contributed by atoms with Crippen molar-refractivity contribution in [2.45, 2.75) is 53.2 Å². The smallest absolute Gasteiger partial charge is 0.340 e. The Morgan fingerprint density at radius 3 is 2.36 bits per heavy atom. The molecule has 2 aromatic heterocycles. The van der Waals surface area contributed by atoms with Crippen molar-refractivity contribution in [3.8, 4) is 0 Å². The number of carbonyl (C=O) groups is 3. The van der Waals surface area contributed by atoms with Crippen LogP contribution < -0.4 is 16.2 Å². The molecule has 0 aliphatic rings. The first-order valence-electron chi connectivity index (χ1n) is 11.6. The SMILES string of the molecule is CC(=O)Nc1cccc(NC(=O)C(OC(=O)c2ccc(=O)n(Cc3csc(C(C)C)n3)c2)C(C)C)c1. The number of carbonyl (C=O) groups excluding carboxylic acids is 3. The lowest BCUT2D eigenvalue weighted by Gasteiger charge is -2.21. The van der Waals surface area contributed by atoms with Gasteiger partial charge in [-0.25, -0.2) is 9.78 Å². The summed E-state index contributed by atoms with van der Waals surface area (Å²) in [6.45, 7) is 9.24. The third kappa shape index (κ3) is 7.11. The highest BCUT2D eigenvalue weighted by Gasteiger charge is 2.27. The number of benzene rings is 1. The molecule has 0 aliphatic heterocycles. The molecule has 0 spiro atoms. The molecule has 3 rings (SSSR count). The van der Waals surface area contributed by atoms with Crippen LogP contribution in [-0.2, 0) is 20.9 Å². The number of amides is 2. The number of hydrogen-bond acceptors (Lipinski definition) is 7. The first-order valence-corrected chi connectivity index (χ1v) is 12.5. The van der Waals surface area contributed by atoms with E-state index < -0.39 is 18.0 Å². The van der Waals surface area contributed by atoms with Crippen molar-refractivity contribution < 1.29 is 19.1 Å². The van der Waals surface area contributed by atoms with E-state index in [1.165, 1.54) is 41.2 Å². The Labute approximate surface area is 213 Å². The van der Waals surface area contributed by atoms with Crippen LogP contribution in [0, 0.1) is 5.92 Å². The van der Waals surface area contributed by atoms with E-state index in [1.54, 1.807) is 38.1 Å². The second-order valence-electron chi connectivity index (χ2n) is 9.04. The molecule has 0 bridgehead atoms. The third-order valence-corrected chi connectivity index (χ3v) is 6.36. The largest absolute Gasteiger partial charge is 0.448 e. The average Bonchev–Trinajstić information content (AvgIpc) is 3.27. The summed E-state index contributed by atoms with van der Waals surface area (Å²) in [5.41, 5.74) is 1.59. The van der Waals surface area contributed by atoms with Crippen molar-refractivity contribution in [3.63, 3.8) is 0 Å². The maximum absolute atomic E-state index is 12.9. The van der Waals surface area contributed by atoms with Crippen molar-refractivity contribution in [1.29, 1.82) is 0 Å². The molecule has 190 valence electrons. The van der Waals surface area contributed by atoms with Gasteiger partial charge in [0.1, 0.15) is 0 Å². The normalized spacial score (nSPS) is 11.9. The molecule has 1 aromatic carbocycles. The number of hydrogen-bond donors (Lipinski definition) is 2. The van der Waals surface area contributed by atoms with E-state index in [-0.39, 0.29) is 35.4 Å². The van der Waals surface area contributed by atoms with Crippen LogP contribution in [0.1, 0.15) is 61.6 Å². The highest BCUT2D eigenvalue weighted by molar-refractivity contribution is 7.09. The van der Waals surface area contributed by atoms with E-state index >= 15 is 0 Å². The van der Waals surface area contributed by atoms with E-state index in [4.69, 9.17) is 4.74 Å². The summed E-state index contributed by atoms with van der Waals surface area (Å²) in [4.78, 5) is 54.1. The summed E-state index contributed by atoms with van der Waals surface area (Å²) in [6, 6.07) is 9.34. The van der Waals surface area contributed by atoms with Gasteiger partial charge in [-0.3, -0.25) is 14.4 Å². The fourth-order valence-electron chi connectivity index (χ4n) is 3.38. The van der Waals surface area contributed by atoms with Crippen molar-refractivity contribution in [1.82, 2.24) is 9.55 Å². The Kier molecular flexibility index (Phi) is 8.76. The minimum Gasteiger partial charge on any atom is -0.448 e. The standard InChI is InChI=1S/C26H30N4O5S/c1-15(2)23(24(33)28-20-8-6-7-19(11-20)27-17(5)31)35-26(34)18-9-10-22(32)30(12-18)13-21-14-36-25(29-21)16(3)4/h6-12,14-16,23H,13H2,1-5H3,(H,27,31)(H,28,33). The quantitative estimate of drug-likeness (QED) is 0.415. The van der Waals surface area contributed by atoms with Gasteiger partial charge in [0.25, 0.3) is 11.5 Å². The second-order valence-corrected chi connectivity index (χ2v) is 9.93. The van der Waals surface area contributed by atoms with Crippen molar-refractivity contribution in [3.05, 3.63) is 74.6 Å². The molecule has 2 amide bonds. The molecule has 0 radical (unpaired) electrons. The number of ether oxygens (including phenoxy) is 1. The summed E-state index contributed by atoms with van der Waals surface area (Å²) in [7, 11) is 0. The molecule has 1 atom stereocenters. The number of anilines is 2. The number of aromatic nitrogens is 2. The molecule has 1 unspecified atom stereocenters. The Bertz CT molecular complexity index is 1310. The maximum atomic E-state index is 12.9. The molecule has 0 saturated heterocycles. The highest BCUT2D eigenvalue weighted by atomic mass is 32.1. The fraction of sp³-hybridized carbons (Fsp3) is 0.346. The van der Waals surface area contributed by atoms with Crippen molar-refractivity contribution in [2.75, 3.05) is 10.6 Å². The summed E-state index contributed by atoms with van der Waals surface area (Å²) in [5, 5.41) is 8.25. The fourth-order valence-corrected chi connectivity index (χ4v) is 4.20. The van der Waals surface area contributed by atoms with E-state index in [9.17, 15) is 19.2 Å². The van der Waals surface area contributed by atoms with Crippen molar-refractivity contribution >= 4 is 40.5 Å². The maximum Gasteiger partial charge on any atom is 0.340 e. The first-order chi connectivity index (χ1) is 17.0. The van der Waals surface area contributed by atoms with E-state index in [0.717, 1.165) is 10.7 Å². The average molecular weight is 511 g/mol. The molecule has 0 fully saturated rings.